The number of nitriles is 1. The van der Waals surface area contributed by atoms with E-state index in [-0.39, 0.29) is 0 Å². The molecule has 0 radical (unpaired) electrons. The number of benzene rings is 1. The summed E-state index contributed by atoms with van der Waals surface area (Å²) < 4.78 is 5.31. The maximum Gasteiger partial charge on any atom is 0.143 e. The molecule has 0 bridgehead atoms. The van der Waals surface area contributed by atoms with Crippen LogP contribution in [0.5, 0.6) is 5.75 Å². The smallest absolute Gasteiger partial charge is 0.143 e. The summed E-state index contributed by atoms with van der Waals surface area (Å²) >= 11 is 0. The Balaban J connectivity index is 2.22. The van der Waals surface area contributed by atoms with Gasteiger partial charge in [-0.25, -0.2) is 0 Å². The minimum Gasteiger partial charge on any atom is -0.495 e. The summed E-state index contributed by atoms with van der Waals surface area (Å²) in [4.78, 5) is 0. The molecule has 1 N–H and O–H groups in total. The molecule has 2 atom stereocenters. The summed E-state index contributed by atoms with van der Waals surface area (Å²) in [5, 5.41) is 12.6. The minimum absolute atomic E-state index is 0.466. The normalized spacial score (nSPS) is 23.1. The third-order valence-corrected chi connectivity index (χ3v) is 3.41. The van der Waals surface area contributed by atoms with Gasteiger partial charge in [0.1, 0.15) is 11.8 Å². The Labute approximate surface area is 102 Å². The van der Waals surface area contributed by atoms with Crippen molar-refractivity contribution < 1.29 is 4.74 Å². The fraction of sp³-hybridized carbons (Fsp3) is 0.500. The number of methoxy groups -OCH3 is 1. The molecule has 0 saturated heterocycles. The van der Waals surface area contributed by atoms with E-state index in [1.165, 1.54) is 19.3 Å². The van der Waals surface area contributed by atoms with E-state index < -0.39 is 0 Å². The molecule has 2 rings (SSSR count). The molecule has 3 nitrogen and oxygen atoms in total. The quantitative estimate of drug-likeness (QED) is 0.867. The average molecular weight is 230 g/mol. The Kier molecular flexibility index (Phi) is 3.53. The number of anilines is 1. The summed E-state index contributed by atoms with van der Waals surface area (Å²) in [7, 11) is 1.64. The molecule has 1 aliphatic carbocycles. The first kappa shape index (κ1) is 11.8. The lowest BCUT2D eigenvalue weighted by molar-refractivity contribution is 0.415. The predicted octanol–water partition coefficient (Wildman–Crippen LogP) is 3.17. The van der Waals surface area contributed by atoms with Gasteiger partial charge >= 0.3 is 0 Å². The fourth-order valence-electron chi connectivity index (χ4n) is 2.49. The highest BCUT2D eigenvalue weighted by atomic mass is 16.5. The van der Waals surface area contributed by atoms with Gasteiger partial charge in [0.15, 0.2) is 0 Å². The summed E-state index contributed by atoms with van der Waals surface area (Å²) in [6, 6.07) is 8.24. The monoisotopic (exact) mass is 230 g/mol. The van der Waals surface area contributed by atoms with Crippen LogP contribution in [0.15, 0.2) is 18.2 Å². The van der Waals surface area contributed by atoms with Gasteiger partial charge in [-0.1, -0.05) is 13.0 Å². The molecule has 0 aliphatic heterocycles. The lowest BCUT2D eigenvalue weighted by Gasteiger charge is -2.17. The molecular weight excluding hydrogens is 212 g/mol. The molecule has 3 heteroatoms. The van der Waals surface area contributed by atoms with Crippen molar-refractivity contribution in [1.29, 1.82) is 5.26 Å². The zero-order valence-corrected chi connectivity index (χ0v) is 10.4. The van der Waals surface area contributed by atoms with Crippen LogP contribution in [-0.4, -0.2) is 13.2 Å². The molecule has 0 spiro atoms. The van der Waals surface area contributed by atoms with Gasteiger partial charge in [-0.3, -0.25) is 0 Å². The van der Waals surface area contributed by atoms with E-state index >= 15 is 0 Å². The summed E-state index contributed by atoms with van der Waals surface area (Å²) in [6.07, 6.45) is 3.60. The molecule has 0 heterocycles. The number of hydrogen-bond donors (Lipinski definition) is 1. The number of rotatable bonds is 3. The molecular formula is C14H18N2O. The van der Waals surface area contributed by atoms with Crippen LogP contribution < -0.4 is 10.1 Å². The number of nitrogens with zero attached hydrogens (tertiary/aromatic N) is 1. The van der Waals surface area contributed by atoms with E-state index in [0.29, 0.717) is 11.6 Å². The summed E-state index contributed by atoms with van der Waals surface area (Å²) in [5.74, 6) is 1.52. The van der Waals surface area contributed by atoms with E-state index in [1.54, 1.807) is 7.11 Å². The third-order valence-electron chi connectivity index (χ3n) is 3.41. The Morgan fingerprint density at radius 3 is 2.82 bits per heavy atom. The van der Waals surface area contributed by atoms with Gasteiger partial charge in [-0.05, 0) is 37.3 Å². The number of hydrogen-bond acceptors (Lipinski definition) is 3. The molecule has 0 aromatic heterocycles. The Morgan fingerprint density at radius 1 is 1.41 bits per heavy atom. The highest BCUT2D eigenvalue weighted by Gasteiger charge is 2.22. The van der Waals surface area contributed by atoms with Gasteiger partial charge < -0.3 is 10.1 Å². The number of ether oxygens (including phenoxy) is 1. The lowest BCUT2D eigenvalue weighted by atomic mass is 10.1. The van der Waals surface area contributed by atoms with Crippen molar-refractivity contribution in [2.75, 3.05) is 12.4 Å². The number of para-hydroxylation sites is 1. The van der Waals surface area contributed by atoms with Gasteiger partial charge in [0.05, 0.1) is 18.4 Å². The standard InChI is InChI=1S/C14H18N2O/c1-10-6-7-12(8-10)16-14-11(9-15)4-3-5-13(14)17-2/h3-5,10,12,16H,6-8H2,1-2H3. The Morgan fingerprint density at radius 2 is 2.24 bits per heavy atom. The van der Waals surface area contributed by atoms with Gasteiger partial charge in [0.25, 0.3) is 0 Å². The fourth-order valence-corrected chi connectivity index (χ4v) is 2.49. The molecule has 1 aliphatic rings. The van der Waals surface area contributed by atoms with Crippen LogP contribution >= 0.6 is 0 Å². The van der Waals surface area contributed by atoms with Gasteiger partial charge in [0, 0.05) is 6.04 Å². The maximum atomic E-state index is 9.12. The highest BCUT2D eigenvalue weighted by Crippen LogP contribution is 2.33. The zero-order chi connectivity index (χ0) is 12.3. The van der Waals surface area contributed by atoms with Crippen molar-refractivity contribution in [2.45, 2.75) is 32.2 Å². The second-order valence-electron chi connectivity index (χ2n) is 4.75. The third kappa shape index (κ3) is 2.52. The molecule has 1 aromatic carbocycles. The zero-order valence-electron chi connectivity index (χ0n) is 10.4. The Hall–Kier alpha value is -1.69. The molecule has 0 amide bonds. The van der Waals surface area contributed by atoms with Crippen LogP contribution in [0.4, 0.5) is 5.69 Å². The second-order valence-corrected chi connectivity index (χ2v) is 4.75. The molecule has 1 saturated carbocycles. The van der Waals surface area contributed by atoms with E-state index in [9.17, 15) is 0 Å². The first-order valence-corrected chi connectivity index (χ1v) is 6.08. The van der Waals surface area contributed by atoms with E-state index in [1.807, 2.05) is 18.2 Å². The van der Waals surface area contributed by atoms with Crippen molar-refractivity contribution in [1.82, 2.24) is 0 Å². The van der Waals surface area contributed by atoms with E-state index in [0.717, 1.165) is 17.4 Å². The van der Waals surface area contributed by atoms with Crippen LogP contribution in [0.25, 0.3) is 0 Å². The minimum atomic E-state index is 0.466. The van der Waals surface area contributed by atoms with Crippen LogP contribution in [0, 0.1) is 17.2 Å². The molecule has 17 heavy (non-hydrogen) atoms. The van der Waals surface area contributed by atoms with Crippen molar-refractivity contribution in [3.05, 3.63) is 23.8 Å². The highest BCUT2D eigenvalue weighted by molar-refractivity contribution is 5.66. The first-order chi connectivity index (χ1) is 8.24. The molecule has 1 fully saturated rings. The topological polar surface area (TPSA) is 45.0 Å². The molecule has 1 aromatic rings. The van der Waals surface area contributed by atoms with E-state index in [4.69, 9.17) is 10.00 Å². The SMILES string of the molecule is COc1cccc(C#N)c1NC1CCC(C)C1. The molecule has 90 valence electrons. The van der Waals surface area contributed by atoms with Crippen molar-refractivity contribution in [3.63, 3.8) is 0 Å². The second kappa shape index (κ2) is 5.09. The lowest BCUT2D eigenvalue weighted by Crippen LogP contribution is -2.16. The van der Waals surface area contributed by atoms with Crippen LogP contribution in [-0.2, 0) is 0 Å². The van der Waals surface area contributed by atoms with E-state index in [2.05, 4.69) is 18.3 Å². The van der Waals surface area contributed by atoms with Gasteiger partial charge in [-0.15, -0.1) is 0 Å². The molecule has 2 unspecified atom stereocenters. The maximum absolute atomic E-state index is 9.12. The van der Waals surface area contributed by atoms with Crippen LogP contribution in [0.1, 0.15) is 31.7 Å². The van der Waals surface area contributed by atoms with Crippen LogP contribution in [0.2, 0.25) is 0 Å². The predicted molar refractivity (Wildman–Crippen MR) is 68.1 cm³/mol. The largest absolute Gasteiger partial charge is 0.495 e. The van der Waals surface area contributed by atoms with Crippen molar-refractivity contribution in [2.24, 2.45) is 5.92 Å². The average Bonchev–Trinajstić information content (AvgIpc) is 2.75. The summed E-state index contributed by atoms with van der Waals surface area (Å²) in [6.45, 7) is 2.27. The number of nitrogens with one attached hydrogen (secondary N) is 1. The van der Waals surface area contributed by atoms with Crippen molar-refractivity contribution >= 4 is 5.69 Å². The van der Waals surface area contributed by atoms with Gasteiger partial charge in [0.2, 0.25) is 0 Å². The first-order valence-electron chi connectivity index (χ1n) is 6.08. The summed E-state index contributed by atoms with van der Waals surface area (Å²) in [5.41, 5.74) is 1.50. The van der Waals surface area contributed by atoms with Crippen LogP contribution in [0.3, 0.4) is 0 Å². The Bertz CT molecular complexity index is 436. The van der Waals surface area contributed by atoms with Gasteiger partial charge in [-0.2, -0.15) is 5.26 Å². The van der Waals surface area contributed by atoms with Crippen molar-refractivity contribution in [3.8, 4) is 11.8 Å².